The van der Waals surface area contributed by atoms with Crippen molar-refractivity contribution in [2.24, 2.45) is 0 Å². The SMILES string of the molecule is CCCCc1ccc(Oc2ccc(CCl)c(Br)c2)cc1. The van der Waals surface area contributed by atoms with Crippen molar-refractivity contribution in [1.82, 2.24) is 0 Å². The van der Waals surface area contributed by atoms with E-state index < -0.39 is 0 Å². The molecule has 0 atom stereocenters. The van der Waals surface area contributed by atoms with E-state index in [1.807, 2.05) is 30.3 Å². The van der Waals surface area contributed by atoms with E-state index in [1.165, 1.54) is 18.4 Å². The lowest BCUT2D eigenvalue weighted by molar-refractivity contribution is 0.482. The zero-order chi connectivity index (χ0) is 14.4. The highest BCUT2D eigenvalue weighted by atomic mass is 79.9. The first-order chi connectivity index (χ1) is 9.72. The van der Waals surface area contributed by atoms with Crippen LogP contribution in [0.1, 0.15) is 30.9 Å². The number of aryl methyl sites for hydroxylation is 1. The van der Waals surface area contributed by atoms with Crippen LogP contribution in [0.5, 0.6) is 11.5 Å². The summed E-state index contributed by atoms with van der Waals surface area (Å²) in [6.07, 6.45) is 3.58. The molecule has 0 amide bonds. The van der Waals surface area contributed by atoms with Gasteiger partial charge in [-0.2, -0.15) is 0 Å². The third-order valence-electron chi connectivity index (χ3n) is 3.15. The predicted molar refractivity (Wildman–Crippen MR) is 88.8 cm³/mol. The first kappa shape index (κ1) is 15.4. The van der Waals surface area contributed by atoms with Gasteiger partial charge in [-0.3, -0.25) is 0 Å². The second-order valence-electron chi connectivity index (χ2n) is 4.74. The van der Waals surface area contributed by atoms with Crippen LogP contribution in [0, 0.1) is 0 Å². The number of alkyl halides is 1. The van der Waals surface area contributed by atoms with Crippen molar-refractivity contribution in [3.63, 3.8) is 0 Å². The number of hydrogen-bond donors (Lipinski definition) is 0. The average Bonchev–Trinajstić information content (AvgIpc) is 2.47. The van der Waals surface area contributed by atoms with E-state index in [9.17, 15) is 0 Å². The van der Waals surface area contributed by atoms with Gasteiger partial charge >= 0.3 is 0 Å². The summed E-state index contributed by atoms with van der Waals surface area (Å²) in [5, 5.41) is 0. The zero-order valence-electron chi connectivity index (χ0n) is 11.5. The fourth-order valence-electron chi connectivity index (χ4n) is 1.94. The molecule has 0 aliphatic heterocycles. The van der Waals surface area contributed by atoms with E-state index in [2.05, 4.69) is 35.0 Å². The van der Waals surface area contributed by atoms with Crippen molar-refractivity contribution < 1.29 is 4.74 Å². The monoisotopic (exact) mass is 352 g/mol. The van der Waals surface area contributed by atoms with Crippen LogP contribution in [0.3, 0.4) is 0 Å². The smallest absolute Gasteiger partial charge is 0.128 e. The van der Waals surface area contributed by atoms with Crippen LogP contribution in [0.25, 0.3) is 0 Å². The first-order valence-corrected chi connectivity index (χ1v) is 8.17. The molecule has 0 N–H and O–H groups in total. The first-order valence-electron chi connectivity index (χ1n) is 6.84. The number of halogens is 2. The number of benzene rings is 2. The average molecular weight is 354 g/mol. The Labute approximate surface area is 134 Å². The lowest BCUT2D eigenvalue weighted by Crippen LogP contribution is -1.88. The van der Waals surface area contributed by atoms with Gasteiger partial charge in [0.2, 0.25) is 0 Å². The Kier molecular flexibility index (Phi) is 5.93. The van der Waals surface area contributed by atoms with E-state index in [0.29, 0.717) is 5.88 Å². The summed E-state index contributed by atoms with van der Waals surface area (Å²) in [5.41, 5.74) is 2.42. The van der Waals surface area contributed by atoms with Crippen LogP contribution in [0.2, 0.25) is 0 Å². The molecule has 0 aliphatic carbocycles. The largest absolute Gasteiger partial charge is 0.457 e. The Balaban J connectivity index is 2.04. The van der Waals surface area contributed by atoms with Gasteiger partial charge in [-0.15, -0.1) is 11.6 Å². The van der Waals surface area contributed by atoms with Crippen LogP contribution in [-0.2, 0) is 12.3 Å². The molecule has 0 bridgehead atoms. The minimum Gasteiger partial charge on any atom is -0.457 e. The highest BCUT2D eigenvalue weighted by Gasteiger charge is 2.03. The van der Waals surface area contributed by atoms with Gasteiger partial charge in [-0.25, -0.2) is 0 Å². The summed E-state index contributed by atoms with van der Waals surface area (Å²) in [6.45, 7) is 2.21. The van der Waals surface area contributed by atoms with E-state index >= 15 is 0 Å². The fraction of sp³-hybridized carbons (Fsp3) is 0.294. The molecule has 0 saturated carbocycles. The third-order valence-corrected chi connectivity index (χ3v) is 4.17. The molecule has 0 fully saturated rings. The van der Waals surface area contributed by atoms with Crippen molar-refractivity contribution in [2.75, 3.05) is 0 Å². The molecule has 3 heteroatoms. The minimum atomic E-state index is 0.493. The predicted octanol–water partition coefficient (Wildman–Crippen LogP) is 6.32. The molecule has 106 valence electrons. The van der Waals surface area contributed by atoms with Crippen molar-refractivity contribution in [3.8, 4) is 11.5 Å². The van der Waals surface area contributed by atoms with Crippen molar-refractivity contribution in [1.29, 1.82) is 0 Å². The molecule has 0 spiro atoms. The molecular weight excluding hydrogens is 336 g/mol. The maximum atomic E-state index is 5.85. The Hall–Kier alpha value is -0.990. The number of hydrogen-bond acceptors (Lipinski definition) is 1. The molecule has 0 heterocycles. The van der Waals surface area contributed by atoms with Gasteiger partial charge in [0, 0.05) is 10.4 Å². The van der Waals surface area contributed by atoms with Crippen molar-refractivity contribution in [3.05, 3.63) is 58.1 Å². The van der Waals surface area contributed by atoms with E-state index in [1.54, 1.807) is 0 Å². The topological polar surface area (TPSA) is 9.23 Å². The van der Waals surface area contributed by atoms with Gasteiger partial charge in [0.15, 0.2) is 0 Å². The number of rotatable bonds is 6. The summed E-state index contributed by atoms with van der Waals surface area (Å²) in [4.78, 5) is 0. The number of unbranched alkanes of at least 4 members (excludes halogenated alkanes) is 1. The summed E-state index contributed by atoms with van der Waals surface area (Å²) < 4.78 is 6.82. The molecule has 0 saturated heterocycles. The molecule has 0 aromatic heterocycles. The number of ether oxygens (including phenoxy) is 1. The molecule has 2 rings (SSSR count). The molecule has 2 aromatic rings. The summed E-state index contributed by atoms with van der Waals surface area (Å²) in [6, 6.07) is 14.2. The van der Waals surface area contributed by atoms with E-state index in [0.717, 1.165) is 28.0 Å². The van der Waals surface area contributed by atoms with Gasteiger partial charge < -0.3 is 4.74 Å². The van der Waals surface area contributed by atoms with Gasteiger partial charge in [0.05, 0.1) is 0 Å². The van der Waals surface area contributed by atoms with Crippen LogP contribution < -0.4 is 4.74 Å². The minimum absolute atomic E-state index is 0.493. The van der Waals surface area contributed by atoms with Crippen LogP contribution >= 0.6 is 27.5 Å². The maximum absolute atomic E-state index is 5.85. The van der Waals surface area contributed by atoms with Crippen molar-refractivity contribution in [2.45, 2.75) is 32.1 Å². The molecule has 20 heavy (non-hydrogen) atoms. The fourth-order valence-corrected chi connectivity index (χ4v) is 2.83. The van der Waals surface area contributed by atoms with Gasteiger partial charge in [0.1, 0.15) is 11.5 Å². The van der Waals surface area contributed by atoms with Gasteiger partial charge in [0.25, 0.3) is 0 Å². The lowest BCUT2D eigenvalue weighted by Gasteiger charge is -2.08. The zero-order valence-corrected chi connectivity index (χ0v) is 13.9. The Bertz CT molecular complexity index is 551. The molecule has 2 aromatic carbocycles. The Morgan fingerprint density at radius 3 is 2.35 bits per heavy atom. The maximum Gasteiger partial charge on any atom is 0.128 e. The molecule has 0 radical (unpaired) electrons. The summed E-state index contributed by atoms with van der Waals surface area (Å²) in [5.74, 6) is 2.16. The van der Waals surface area contributed by atoms with E-state index in [-0.39, 0.29) is 0 Å². The highest BCUT2D eigenvalue weighted by molar-refractivity contribution is 9.10. The van der Waals surface area contributed by atoms with Crippen LogP contribution in [-0.4, -0.2) is 0 Å². The van der Waals surface area contributed by atoms with Crippen LogP contribution in [0.15, 0.2) is 46.9 Å². The Morgan fingerprint density at radius 2 is 1.75 bits per heavy atom. The highest BCUT2D eigenvalue weighted by Crippen LogP contribution is 2.28. The third kappa shape index (κ3) is 4.26. The standard InChI is InChI=1S/C17H18BrClO/c1-2-3-4-13-5-8-15(9-6-13)20-16-10-7-14(12-19)17(18)11-16/h5-11H,2-4,12H2,1H3. The van der Waals surface area contributed by atoms with Gasteiger partial charge in [-0.05, 0) is 48.2 Å². The lowest BCUT2D eigenvalue weighted by atomic mass is 10.1. The second kappa shape index (κ2) is 7.70. The summed E-state index contributed by atoms with van der Waals surface area (Å²) in [7, 11) is 0. The van der Waals surface area contributed by atoms with Crippen molar-refractivity contribution >= 4 is 27.5 Å². The Morgan fingerprint density at radius 1 is 1.05 bits per heavy atom. The summed E-state index contributed by atoms with van der Waals surface area (Å²) >= 11 is 9.33. The molecule has 0 aliphatic rings. The normalized spacial score (nSPS) is 10.6. The van der Waals surface area contributed by atoms with Crippen LogP contribution in [0.4, 0.5) is 0 Å². The molecular formula is C17H18BrClO. The van der Waals surface area contributed by atoms with Gasteiger partial charge in [-0.1, -0.05) is 47.5 Å². The van der Waals surface area contributed by atoms with E-state index in [4.69, 9.17) is 16.3 Å². The quantitative estimate of drug-likeness (QED) is 0.552. The second-order valence-corrected chi connectivity index (χ2v) is 5.86. The molecule has 1 nitrogen and oxygen atoms in total. The molecule has 0 unspecified atom stereocenters.